The largest absolute Gasteiger partial charge is 0.341 e. The van der Waals surface area contributed by atoms with Crippen molar-refractivity contribution in [1.29, 1.82) is 0 Å². The first-order chi connectivity index (χ1) is 8.11. The third-order valence-electron chi connectivity index (χ3n) is 2.98. The summed E-state index contributed by atoms with van der Waals surface area (Å²) in [4.78, 5) is 10.2. The molecule has 0 aliphatic carbocycles. The lowest BCUT2D eigenvalue weighted by Gasteiger charge is -2.15. The van der Waals surface area contributed by atoms with Crippen molar-refractivity contribution in [2.45, 2.75) is 46.0 Å². The van der Waals surface area contributed by atoms with Crippen LogP contribution >= 0.6 is 7.37 Å². The van der Waals surface area contributed by atoms with E-state index in [4.69, 9.17) is 0 Å². The first-order valence-corrected chi connectivity index (χ1v) is 8.36. The van der Waals surface area contributed by atoms with Gasteiger partial charge in [-0.25, -0.2) is 0 Å². The van der Waals surface area contributed by atoms with Gasteiger partial charge >= 0.3 is 0 Å². The van der Waals surface area contributed by atoms with Gasteiger partial charge in [-0.3, -0.25) is 4.57 Å². The van der Waals surface area contributed by atoms with Crippen LogP contribution in [0.5, 0.6) is 0 Å². The van der Waals surface area contributed by atoms with Gasteiger partial charge in [0.15, 0.2) is 0 Å². The van der Waals surface area contributed by atoms with Crippen LogP contribution in [0.2, 0.25) is 0 Å². The molecule has 0 amide bonds. The van der Waals surface area contributed by atoms with Crippen LogP contribution in [0.1, 0.15) is 45.1 Å². The van der Waals surface area contributed by atoms with Gasteiger partial charge < -0.3 is 4.89 Å². The van der Waals surface area contributed by atoms with Gasteiger partial charge in [0.05, 0.1) is 0 Å². The summed E-state index contributed by atoms with van der Waals surface area (Å²) >= 11 is 0. The molecule has 0 heterocycles. The Balaban J connectivity index is 2.91. The van der Waals surface area contributed by atoms with Crippen molar-refractivity contribution in [3.63, 3.8) is 0 Å². The van der Waals surface area contributed by atoms with Crippen LogP contribution in [-0.4, -0.2) is 11.1 Å². The molecule has 0 spiro atoms. The van der Waals surface area contributed by atoms with Crippen LogP contribution in [0.25, 0.3) is 0 Å². The van der Waals surface area contributed by atoms with E-state index in [2.05, 4.69) is 6.92 Å². The summed E-state index contributed by atoms with van der Waals surface area (Å²) in [6.07, 6.45) is 5.28. The van der Waals surface area contributed by atoms with E-state index >= 15 is 0 Å². The summed E-state index contributed by atoms with van der Waals surface area (Å²) < 4.78 is 12.3. The zero-order valence-corrected chi connectivity index (χ0v) is 11.7. The minimum Gasteiger partial charge on any atom is -0.341 e. The number of hydrogen-bond donors (Lipinski definition) is 1. The Hall–Kier alpha value is -0.590. The highest BCUT2D eigenvalue weighted by atomic mass is 31.2. The summed E-state index contributed by atoms with van der Waals surface area (Å²) in [5.41, 5.74) is 1.05. The molecule has 0 saturated heterocycles. The van der Waals surface area contributed by atoms with Crippen molar-refractivity contribution in [3.05, 3.63) is 29.8 Å². The average molecular weight is 254 g/mol. The van der Waals surface area contributed by atoms with Crippen LogP contribution in [0.3, 0.4) is 0 Å². The number of aryl methyl sites for hydroxylation is 1. The molecule has 1 aromatic rings. The Kier molecular flexibility index (Phi) is 5.94. The monoisotopic (exact) mass is 254 g/mol. The minimum atomic E-state index is -3.14. The maximum Gasteiger partial charge on any atom is 0.229 e. The fourth-order valence-corrected chi connectivity index (χ4v) is 3.86. The molecular formula is C14H23O2P. The van der Waals surface area contributed by atoms with Crippen LogP contribution in [-0.2, 0) is 11.0 Å². The average Bonchev–Trinajstić information content (AvgIpc) is 2.34. The first-order valence-electron chi connectivity index (χ1n) is 6.52. The molecule has 96 valence electrons. The fraction of sp³-hybridized carbons (Fsp3) is 0.571. The number of rotatable bonds is 7. The van der Waals surface area contributed by atoms with E-state index in [0.717, 1.165) is 37.7 Å². The fourth-order valence-electron chi connectivity index (χ4n) is 1.92. The maximum atomic E-state index is 12.3. The lowest BCUT2D eigenvalue weighted by molar-refractivity contribution is 0.487. The van der Waals surface area contributed by atoms with Gasteiger partial charge in [0, 0.05) is 11.5 Å². The van der Waals surface area contributed by atoms with Crippen molar-refractivity contribution in [3.8, 4) is 0 Å². The molecule has 0 fully saturated rings. The highest BCUT2D eigenvalue weighted by Gasteiger charge is 2.22. The second-order valence-corrected chi connectivity index (χ2v) is 6.84. The van der Waals surface area contributed by atoms with Crippen molar-refractivity contribution in [1.82, 2.24) is 0 Å². The maximum absolute atomic E-state index is 12.3. The van der Waals surface area contributed by atoms with Crippen LogP contribution in [0.4, 0.5) is 0 Å². The Morgan fingerprint density at radius 2 is 1.76 bits per heavy atom. The highest BCUT2D eigenvalue weighted by molar-refractivity contribution is 7.66. The van der Waals surface area contributed by atoms with Crippen LogP contribution < -0.4 is 5.30 Å². The molecule has 1 rings (SSSR count). The Bertz CT molecular complexity index is 388. The molecule has 0 aromatic heterocycles. The van der Waals surface area contributed by atoms with Crippen LogP contribution in [0.15, 0.2) is 24.3 Å². The molecule has 1 unspecified atom stereocenters. The third-order valence-corrected chi connectivity index (χ3v) is 5.09. The first kappa shape index (κ1) is 14.5. The van der Waals surface area contributed by atoms with Crippen molar-refractivity contribution >= 4 is 12.7 Å². The summed E-state index contributed by atoms with van der Waals surface area (Å²) in [6.45, 7) is 4.18. The predicted molar refractivity (Wildman–Crippen MR) is 74.3 cm³/mol. The molecule has 0 aliphatic heterocycles. The molecule has 1 atom stereocenters. The van der Waals surface area contributed by atoms with Gasteiger partial charge in [-0.15, -0.1) is 0 Å². The molecule has 2 nitrogen and oxygen atoms in total. The molecule has 3 heteroatoms. The van der Waals surface area contributed by atoms with E-state index in [-0.39, 0.29) is 0 Å². The normalized spacial score (nSPS) is 14.5. The van der Waals surface area contributed by atoms with Gasteiger partial charge in [0.1, 0.15) is 0 Å². The number of unbranched alkanes of at least 4 members (excludes halogenated alkanes) is 2. The summed E-state index contributed by atoms with van der Waals surface area (Å²) in [7, 11) is -3.14. The van der Waals surface area contributed by atoms with Gasteiger partial charge in [0.2, 0.25) is 7.37 Å². The number of benzene rings is 1. The van der Waals surface area contributed by atoms with Crippen molar-refractivity contribution in [2.75, 3.05) is 6.16 Å². The zero-order valence-electron chi connectivity index (χ0n) is 10.9. The Morgan fingerprint density at radius 3 is 2.41 bits per heavy atom. The summed E-state index contributed by atoms with van der Waals surface area (Å²) in [6, 6.07) is 7.62. The van der Waals surface area contributed by atoms with Gasteiger partial charge in [-0.1, -0.05) is 44.9 Å². The molecular weight excluding hydrogens is 231 g/mol. The molecule has 1 N–H and O–H groups in total. The smallest absolute Gasteiger partial charge is 0.229 e. The Labute approximate surface area is 105 Å². The summed E-state index contributed by atoms with van der Waals surface area (Å²) in [5, 5.41) is 0.682. The lowest BCUT2D eigenvalue weighted by atomic mass is 10.1. The van der Waals surface area contributed by atoms with Crippen LogP contribution in [0, 0.1) is 0 Å². The van der Waals surface area contributed by atoms with E-state index in [1.807, 2.05) is 31.2 Å². The quantitative estimate of drug-likeness (QED) is 0.753. The van der Waals surface area contributed by atoms with Gasteiger partial charge in [-0.2, -0.15) is 0 Å². The van der Waals surface area contributed by atoms with Crippen molar-refractivity contribution < 1.29 is 9.46 Å². The van der Waals surface area contributed by atoms with Crippen molar-refractivity contribution in [2.24, 2.45) is 0 Å². The standard InChI is InChI=1S/C14H23O2P/c1-3-5-9-13-10-7-8-11-14(13)17(15,16)12-6-4-2/h7-8,10-11H,3-6,9,12H2,1-2H3,(H,15,16). The van der Waals surface area contributed by atoms with E-state index in [1.165, 1.54) is 0 Å². The van der Waals surface area contributed by atoms with E-state index < -0.39 is 7.37 Å². The van der Waals surface area contributed by atoms with Gasteiger partial charge in [0.25, 0.3) is 0 Å². The SMILES string of the molecule is CCCCc1ccccc1P(=O)(O)CCCC. The molecule has 0 aliphatic rings. The highest BCUT2D eigenvalue weighted by Crippen LogP contribution is 2.41. The minimum absolute atomic E-state index is 0.409. The topological polar surface area (TPSA) is 37.3 Å². The molecule has 0 saturated carbocycles. The Morgan fingerprint density at radius 1 is 1.12 bits per heavy atom. The molecule has 17 heavy (non-hydrogen) atoms. The van der Waals surface area contributed by atoms with E-state index in [9.17, 15) is 9.46 Å². The predicted octanol–water partition coefficient (Wildman–Crippen LogP) is 3.73. The molecule has 1 aromatic carbocycles. The summed E-state index contributed by atoms with van der Waals surface area (Å²) in [5.74, 6) is 0. The zero-order chi connectivity index (χ0) is 12.7. The second kappa shape index (κ2) is 6.98. The van der Waals surface area contributed by atoms with E-state index in [1.54, 1.807) is 0 Å². The lowest BCUT2D eigenvalue weighted by Crippen LogP contribution is -2.13. The van der Waals surface area contributed by atoms with Gasteiger partial charge in [-0.05, 0) is 30.9 Å². The molecule has 0 radical (unpaired) electrons. The second-order valence-electron chi connectivity index (χ2n) is 4.51. The molecule has 0 bridgehead atoms. The third kappa shape index (κ3) is 4.29. The number of hydrogen-bond acceptors (Lipinski definition) is 1. The van der Waals surface area contributed by atoms with E-state index in [0.29, 0.717) is 11.5 Å².